The van der Waals surface area contributed by atoms with Gasteiger partial charge in [0.15, 0.2) is 0 Å². The van der Waals surface area contributed by atoms with Crippen LogP contribution in [0.2, 0.25) is 0 Å². The van der Waals surface area contributed by atoms with Crippen molar-refractivity contribution in [1.29, 1.82) is 0 Å². The average Bonchev–Trinajstić information content (AvgIpc) is 1.37. The Morgan fingerprint density at radius 3 is 1.20 bits per heavy atom. The molecule has 0 aromatic carbocycles. The Kier molecular flexibility index (Phi) is 15.9. The van der Waals surface area contributed by atoms with Crippen LogP contribution in [-0.4, -0.2) is 13.1 Å². The minimum Gasteiger partial charge on any atom is -0.329 e. The molecule has 5 heavy (non-hydrogen) atoms. The summed E-state index contributed by atoms with van der Waals surface area (Å²) in [4.78, 5) is 0. The third kappa shape index (κ3) is 13.2. The van der Waals surface area contributed by atoms with Crippen molar-refractivity contribution in [1.82, 2.24) is 0 Å². The Balaban J connectivity index is 0. The van der Waals surface area contributed by atoms with Crippen LogP contribution in [0.1, 0.15) is 0 Å². The van der Waals surface area contributed by atoms with Gasteiger partial charge in [0.1, 0.15) is 0 Å². The van der Waals surface area contributed by atoms with Gasteiger partial charge in [-0.15, -0.1) is 0 Å². The minimum atomic E-state index is 0. The van der Waals surface area contributed by atoms with Gasteiger partial charge in [0.05, 0.1) is 0 Å². The number of nitrogens with two attached hydrogens (primary N) is 2. The maximum atomic E-state index is 4.90. The van der Waals surface area contributed by atoms with Crippen molar-refractivity contribution in [2.24, 2.45) is 11.5 Å². The van der Waals surface area contributed by atoms with Gasteiger partial charge in [0, 0.05) is 13.1 Å². The lowest BCUT2D eigenvalue weighted by Crippen LogP contribution is -2.11. The van der Waals surface area contributed by atoms with E-state index in [-0.39, 0.29) is 9.90 Å². The summed E-state index contributed by atoms with van der Waals surface area (Å²) in [5.74, 6) is 0. The van der Waals surface area contributed by atoms with Gasteiger partial charge >= 0.3 is 0 Å². The van der Waals surface area contributed by atoms with Crippen LogP contribution in [0.4, 0.5) is 0 Å². The van der Waals surface area contributed by atoms with E-state index in [9.17, 15) is 0 Å². The standard InChI is InChI=1S/C2H8N2.H3P/c3-1-2-4;/h1-4H2;1H3. The predicted molar refractivity (Wildman–Crippen MR) is 29.2 cm³/mol. The van der Waals surface area contributed by atoms with E-state index in [2.05, 4.69) is 0 Å². The second-order valence-corrected chi connectivity index (χ2v) is 0.577. The van der Waals surface area contributed by atoms with Crippen LogP contribution in [0, 0.1) is 0 Å². The van der Waals surface area contributed by atoms with Gasteiger partial charge in [-0.3, -0.25) is 0 Å². The van der Waals surface area contributed by atoms with Crippen molar-refractivity contribution in [3.8, 4) is 0 Å². The van der Waals surface area contributed by atoms with Gasteiger partial charge in [-0.1, -0.05) is 0 Å². The van der Waals surface area contributed by atoms with Crippen molar-refractivity contribution < 1.29 is 0 Å². The first-order valence-corrected chi connectivity index (χ1v) is 1.32. The summed E-state index contributed by atoms with van der Waals surface area (Å²) in [6.45, 7) is 1.19. The molecule has 0 saturated heterocycles. The highest BCUT2D eigenvalue weighted by Crippen LogP contribution is 1.24. The number of rotatable bonds is 1. The van der Waals surface area contributed by atoms with Crippen molar-refractivity contribution in [3.05, 3.63) is 0 Å². The molecule has 0 fully saturated rings. The quantitative estimate of drug-likeness (QED) is 0.408. The molecule has 3 heteroatoms. The normalized spacial score (nSPS) is 6.00. The van der Waals surface area contributed by atoms with Crippen molar-refractivity contribution in [2.75, 3.05) is 13.1 Å². The molecule has 0 heterocycles. The molecule has 0 rings (SSSR count). The summed E-state index contributed by atoms with van der Waals surface area (Å²) in [5, 5.41) is 0. The molecule has 34 valence electrons. The van der Waals surface area contributed by atoms with E-state index >= 15 is 0 Å². The largest absolute Gasteiger partial charge is 0.329 e. The van der Waals surface area contributed by atoms with Crippen molar-refractivity contribution in [3.63, 3.8) is 0 Å². The van der Waals surface area contributed by atoms with Crippen LogP contribution in [0.5, 0.6) is 0 Å². The van der Waals surface area contributed by atoms with Crippen LogP contribution in [-0.2, 0) is 0 Å². The molecule has 4 N–H and O–H groups in total. The zero-order valence-electron chi connectivity index (χ0n) is 3.28. The molecular formula is C2H11N2P. The summed E-state index contributed by atoms with van der Waals surface area (Å²) in [6.07, 6.45) is 0. The molecular weight excluding hydrogens is 83.0 g/mol. The molecule has 1 unspecified atom stereocenters. The van der Waals surface area contributed by atoms with E-state index < -0.39 is 0 Å². The van der Waals surface area contributed by atoms with E-state index in [1.807, 2.05) is 0 Å². The van der Waals surface area contributed by atoms with E-state index in [0.29, 0.717) is 13.1 Å². The number of hydrogen-bond donors (Lipinski definition) is 2. The molecule has 0 amide bonds. The van der Waals surface area contributed by atoms with Crippen molar-refractivity contribution in [2.45, 2.75) is 0 Å². The molecule has 0 aromatic rings. The third-order valence-electron chi connectivity index (χ3n) is 0.167. The zero-order chi connectivity index (χ0) is 3.41. The minimum absolute atomic E-state index is 0. The first kappa shape index (κ1) is 9.02. The molecule has 0 spiro atoms. The SMILES string of the molecule is NCCN.P. The first-order valence-electron chi connectivity index (χ1n) is 1.32. The molecule has 1 atom stereocenters. The highest BCUT2D eigenvalue weighted by molar-refractivity contribution is 6.92. The van der Waals surface area contributed by atoms with E-state index in [4.69, 9.17) is 11.5 Å². The lowest BCUT2D eigenvalue weighted by molar-refractivity contribution is 0.976. The highest BCUT2D eigenvalue weighted by atomic mass is 31.0. The Hall–Kier alpha value is 0.350. The van der Waals surface area contributed by atoms with Crippen LogP contribution in [0.3, 0.4) is 0 Å². The topological polar surface area (TPSA) is 52.0 Å². The monoisotopic (exact) mass is 94.1 g/mol. The summed E-state index contributed by atoms with van der Waals surface area (Å²) < 4.78 is 0. The summed E-state index contributed by atoms with van der Waals surface area (Å²) in [6, 6.07) is 0. The lowest BCUT2D eigenvalue weighted by atomic mass is 10.7. The predicted octanol–water partition coefficient (Wildman–Crippen LogP) is -1.04. The van der Waals surface area contributed by atoms with Crippen LogP contribution in [0.15, 0.2) is 0 Å². The Labute approximate surface area is 35.5 Å². The van der Waals surface area contributed by atoms with Gasteiger partial charge in [-0.05, 0) is 0 Å². The smallest absolute Gasteiger partial charge is 0.00461 e. The first-order chi connectivity index (χ1) is 1.91. The fourth-order valence-electron chi connectivity index (χ4n) is 0. The van der Waals surface area contributed by atoms with Crippen LogP contribution < -0.4 is 11.5 Å². The van der Waals surface area contributed by atoms with Gasteiger partial charge in [0.2, 0.25) is 0 Å². The molecule has 0 aliphatic heterocycles. The van der Waals surface area contributed by atoms with Gasteiger partial charge in [-0.25, -0.2) is 0 Å². The second-order valence-electron chi connectivity index (χ2n) is 0.577. The van der Waals surface area contributed by atoms with E-state index in [0.717, 1.165) is 0 Å². The molecule has 0 aliphatic carbocycles. The Bertz CT molecular complexity index is 9.61. The van der Waals surface area contributed by atoms with Crippen LogP contribution >= 0.6 is 9.90 Å². The zero-order valence-corrected chi connectivity index (χ0v) is 4.69. The fourth-order valence-corrected chi connectivity index (χ4v) is 0. The van der Waals surface area contributed by atoms with E-state index in [1.165, 1.54) is 0 Å². The highest BCUT2D eigenvalue weighted by Gasteiger charge is 1.54. The molecule has 0 saturated carbocycles. The lowest BCUT2D eigenvalue weighted by Gasteiger charge is -1.72. The van der Waals surface area contributed by atoms with Crippen molar-refractivity contribution >= 4 is 9.90 Å². The average molecular weight is 94.1 g/mol. The molecule has 0 radical (unpaired) electrons. The fraction of sp³-hybridized carbons (Fsp3) is 1.00. The van der Waals surface area contributed by atoms with E-state index in [1.54, 1.807) is 0 Å². The van der Waals surface area contributed by atoms with Gasteiger partial charge in [-0.2, -0.15) is 9.90 Å². The Morgan fingerprint density at radius 2 is 1.20 bits per heavy atom. The molecule has 0 aliphatic rings. The number of hydrogen-bond acceptors (Lipinski definition) is 2. The maximum Gasteiger partial charge on any atom is 0.00461 e. The van der Waals surface area contributed by atoms with Crippen LogP contribution in [0.25, 0.3) is 0 Å². The Morgan fingerprint density at radius 1 is 1.00 bits per heavy atom. The second kappa shape index (κ2) is 8.84. The summed E-state index contributed by atoms with van der Waals surface area (Å²) in [7, 11) is 0. The van der Waals surface area contributed by atoms with Gasteiger partial charge in [0.25, 0.3) is 0 Å². The summed E-state index contributed by atoms with van der Waals surface area (Å²) >= 11 is 0. The molecule has 0 bridgehead atoms. The third-order valence-corrected chi connectivity index (χ3v) is 0.167. The summed E-state index contributed by atoms with van der Waals surface area (Å²) in [5.41, 5.74) is 9.81. The molecule has 0 aromatic heterocycles. The van der Waals surface area contributed by atoms with Gasteiger partial charge < -0.3 is 11.5 Å². The maximum absolute atomic E-state index is 4.90. The molecule has 2 nitrogen and oxygen atoms in total.